The average molecular weight is 266 g/mol. The van der Waals surface area contributed by atoms with Gasteiger partial charge in [-0.05, 0) is 17.7 Å². The second-order valence-corrected chi connectivity index (χ2v) is 4.54. The van der Waals surface area contributed by atoms with Crippen LogP contribution in [0.1, 0.15) is 5.56 Å². The number of amides is 2. The number of hydrogen-bond acceptors (Lipinski definition) is 4. The molecule has 1 aliphatic heterocycles. The van der Waals surface area contributed by atoms with Crippen molar-refractivity contribution >= 4 is 24.4 Å². The molecule has 1 aliphatic rings. The maximum Gasteiger partial charge on any atom is 0.244 e. The zero-order chi connectivity index (χ0) is 13.1. The molecule has 2 rings (SSSR count). The van der Waals surface area contributed by atoms with Crippen LogP contribution in [0.2, 0.25) is 0 Å². The lowest BCUT2D eigenvalue weighted by Crippen LogP contribution is -2.62. The van der Waals surface area contributed by atoms with Crippen molar-refractivity contribution in [3.8, 4) is 5.75 Å². The van der Waals surface area contributed by atoms with Gasteiger partial charge in [0.2, 0.25) is 11.8 Å². The van der Waals surface area contributed by atoms with E-state index in [1.165, 1.54) is 0 Å². The summed E-state index contributed by atoms with van der Waals surface area (Å²) in [6.45, 7) is 0. The fraction of sp³-hybridized carbons (Fsp3) is 0.333. The number of hydrogen-bond donors (Lipinski definition) is 4. The lowest BCUT2D eigenvalue weighted by molar-refractivity contribution is -0.136. The van der Waals surface area contributed by atoms with Crippen molar-refractivity contribution in [3.63, 3.8) is 0 Å². The van der Waals surface area contributed by atoms with E-state index in [9.17, 15) is 9.59 Å². The van der Waals surface area contributed by atoms with E-state index in [4.69, 9.17) is 5.11 Å². The minimum Gasteiger partial charge on any atom is -0.508 e. The van der Waals surface area contributed by atoms with E-state index in [-0.39, 0.29) is 23.3 Å². The molecule has 5 nitrogen and oxygen atoms in total. The Morgan fingerprint density at radius 3 is 2.22 bits per heavy atom. The number of carbonyl (C=O) groups excluding carboxylic acids is 2. The van der Waals surface area contributed by atoms with Gasteiger partial charge in [0.25, 0.3) is 0 Å². The monoisotopic (exact) mass is 266 g/mol. The highest BCUT2D eigenvalue weighted by Gasteiger charge is 2.32. The predicted molar refractivity (Wildman–Crippen MR) is 69.5 cm³/mol. The van der Waals surface area contributed by atoms with Crippen molar-refractivity contribution in [3.05, 3.63) is 29.8 Å². The van der Waals surface area contributed by atoms with E-state index in [1.807, 2.05) is 0 Å². The lowest BCUT2D eigenvalue weighted by atomic mass is 10.0. The van der Waals surface area contributed by atoms with Gasteiger partial charge in [-0.1, -0.05) is 12.1 Å². The molecule has 3 N–H and O–H groups in total. The minimum atomic E-state index is -0.571. The van der Waals surface area contributed by atoms with E-state index in [1.54, 1.807) is 24.3 Å². The zero-order valence-corrected chi connectivity index (χ0v) is 10.5. The van der Waals surface area contributed by atoms with Crippen LogP contribution in [0.4, 0.5) is 0 Å². The molecule has 18 heavy (non-hydrogen) atoms. The third-order valence-corrected chi connectivity index (χ3v) is 3.19. The fourth-order valence-corrected chi connectivity index (χ4v) is 2.07. The molecular formula is C12H14N2O3S. The van der Waals surface area contributed by atoms with Gasteiger partial charge in [-0.2, -0.15) is 12.6 Å². The molecule has 1 saturated heterocycles. The van der Waals surface area contributed by atoms with Crippen LogP contribution < -0.4 is 10.6 Å². The highest BCUT2D eigenvalue weighted by atomic mass is 32.1. The standard InChI is InChI=1S/C12H14N2O3S/c15-8-3-1-7(2-4-8)5-9-11(16)14-10(6-18)12(17)13-9/h1-4,9-10,15,18H,5-6H2,(H,13,17)(H,14,16). The molecule has 1 fully saturated rings. The summed E-state index contributed by atoms with van der Waals surface area (Å²) in [5, 5.41) is 14.5. The Kier molecular flexibility index (Phi) is 3.76. The van der Waals surface area contributed by atoms with Gasteiger partial charge in [-0.15, -0.1) is 0 Å². The van der Waals surface area contributed by atoms with E-state index in [2.05, 4.69) is 23.3 Å². The number of aromatic hydroxyl groups is 1. The molecule has 2 unspecified atom stereocenters. The van der Waals surface area contributed by atoms with E-state index >= 15 is 0 Å². The van der Waals surface area contributed by atoms with Gasteiger partial charge in [0, 0.05) is 12.2 Å². The number of piperazine rings is 1. The summed E-state index contributed by atoms with van der Waals surface area (Å²) in [4.78, 5) is 23.4. The third kappa shape index (κ3) is 2.76. The smallest absolute Gasteiger partial charge is 0.244 e. The van der Waals surface area contributed by atoms with Crippen LogP contribution >= 0.6 is 12.6 Å². The Bertz CT molecular complexity index is 461. The van der Waals surface area contributed by atoms with Gasteiger partial charge in [0.15, 0.2) is 0 Å². The van der Waals surface area contributed by atoms with E-state index in [0.29, 0.717) is 6.42 Å². The lowest BCUT2D eigenvalue weighted by Gasteiger charge is -2.28. The summed E-state index contributed by atoms with van der Waals surface area (Å²) in [5.74, 6) is 0.0323. The van der Waals surface area contributed by atoms with Crippen molar-refractivity contribution in [2.45, 2.75) is 18.5 Å². The molecular weight excluding hydrogens is 252 g/mol. The quantitative estimate of drug-likeness (QED) is 0.574. The summed E-state index contributed by atoms with van der Waals surface area (Å²) in [6.07, 6.45) is 0.400. The maximum absolute atomic E-state index is 11.8. The maximum atomic E-state index is 11.8. The molecule has 1 heterocycles. The Morgan fingerprint density at radius 1 is 1.06 bits per heavy atom. The van der Waals surface area contributed by atoms with Crippen molar-refractivity contribution in [2.24, 2.45) is 0 Å². The van der Waals surface area contributed by atoms with Gasteiger partial charge >= 0.3 is 0 Å². The topological polar surface area (TPSA) is 78.4 Å². The first-order valence-corrected chi connectivity index (χ1v) is 6.23. The van der Waals surface area contributed by atoms with Gasteiger partial charge in [-0.3, -0.25) is 9.59 Å². The van der Waals surface area contributed by atoms with Crippen LogP contribution in [0.15, 0.2) is 24.3 Å². The van der Waals surface area contributed by atoms with Crippen LogP contribution in [0, 0.1) is 0 Å². The second kappa shape index (κ2) is 5.30. The Labute approximate surface area is 110 Å². The fourth-order valence-electron chi connectivity index (χ4n) is 1.82. The summed E-state index contributed by atoms with van der Waals surface area (Å²) < 4.78 is 0. The van der Waals surface area contributed by atoms with Crippen molar-refractivity contribution < 1.29 is 14.7 Å². The van der Waals surface area contributed by atoms with Crippen molar-refractivity contribution in [1.82, 2.24) is 10.6 Å². The number of phenols is 1. The Balaban J connectivity index is 2.04. The van der Waals surface area contributed by atoms with E-state index in [0.717, 1.165) is 5.56 Å². The molecule has 6 heteroatoms. The molecule has 0 saturated carbocycles. The van der Waals surface area contributed by atoms with Crippen molar-refractivity contribution in [1.29, 1.82) is 0 Å². The van der Waals surface area contributed by atoms with Gasteiger partial charge in [0.05, 0.1) is 0 Å². The van der Waals surface area contributed by atoms with Crippen LogP contribution in [-0.4, -0.2) is 34.8 Å². The first-order valence-electron chi connectivity index (χ1n) is 5.59. The third-order valence-electron chi connectivity index (χ3n) is 2.82. The molecule has 1 aromatic rings. The molecule has 0 radical (unpaired) electrons. The SMILES string of the molecule is O=C1NC(Cc2ccc(O)cc2)C(=O)NC1CS. The molecule has 1 aromatic carbocycles. The van der Waals surface area contributed by atoms with Gasteiger partial charge in [-0.25, -0.2) is 0 Å². The van der Waals surface area contributed by atoms with Crippen LogP contribution in [-0.2, 0) is 16.0 Å². The normalized spacial score (nSPS) is 23.4. The minimum absolute atomic E-state index is 0.172. The summed E-state index contributed by atoms with van der Waals surface area (Å²) in [5.41, 5.74) is 0.873. The first kappa shape index (κ1) is 12.8. The zero-order valence-electron chi connectivity index (χ0n) is 9.59. The molecule has 0 bridgehead atoms. The molecule has 0 aromatic heterocycles. The Morgan fingerprint density at radius 2 is 1.61 bits per heavy atom. The number of benzene rings is 1. The van der Waals surface area contributed by atoms with Crippen molar-refractivity contribution in [2.75, 3.05) is 5.75 Å². The highest BCUT2D eigenvalue weighted by molar-refractivity contribution is 7.80. The number of rotatable bonds is 3. The molecule has 96 valence electrons. The number of carbonyl (C=O) groups is 2. The van der Waals surface area contributed by atoms with Gasteiger partial charge < -0.3 is 15.7 Å². The van der Waals surface area contributed by atoms with Crippen LogP contribution in [0.5, 0.6) is 5.75 Å². The first-order chi connectivity index (χ1) is 8.60. The number of phenolic OH excluding ortho intramolecular Hbond substituents is 1. The predicted octanol–water partition coefficient (Wildman–Crippen LogP) is -0.152. The average Bonchev–Trinajstić information content (AvgIpc) is 2.36. The summed E-state index contributed by atoms with van der Waals surface area (Å²) in [6, 6.07) is 5.41. The molecule has 2 atom stereocenters. The molecule has 2 amide bonds. The highest BCUT2D eigenvalue weighted by Crippen LogP contribution is 2.12. The second-order valence-electron chi connectivity index (χ2n) is 4.18. The largest absolute Gasteiger partial charge is 0.508 e. The Hall–Kier alpha value is -1.69. The van der Waals surface area contributed by atoms with Gasteiger partial charge in [0.1, 0.15) is 17.8 Å². The summed E-state index contributed by atoms with van der Waals surface area (Å²) >= 11 is 4.00. The number of nitrogens with one attached hydrogen (secondary N) is 2. The number of thiol groups is 1. The van der Waals surface area contributed by atoms with Crippen LogP contribution in [0.3, 0.4) is 0 Å². The van der Waals surface area contributed by atoms with Crippen LogP contribution in [0.25, 0.3) is 0 Å². The van der Waals surface area contributed by atoms with E-state index < -0.39 is 12.1 Å². The summed E-state index contributed by atoms with van der Waals surface area (Å²) in [7, 11) is 0. The molecule has 0 aliphatic carbocycles. The molecule has 0 spiro atoms.